The van der Waals surface area contributed by atoms with Gasteiger partial charge in [0.05, 0.1) is 6.61 Å². The monoisotopic (exact) mass is 200 g/mol. The van der Waals surface area contributed by atoms with Gasteiger partial charge in [0, 0.05) is 32.2 Å². The Morgan fingerprint density at radius 1 is 1.64 bits per heavy atom. The van der Waals surface area contributed by atoms with Crippen molar-refractivity contribution in [3.05, 3.63) is 0 Å². The molecule has 1 rings (SSSR count). The summed E-state index contributed by atoms with van der Waals surface area (Å²) >= 11 is 0. The number of hydrogen-bond donors (Lipinski definition) is 1. The Kier molecular flexibility index (Phi) is 4.35. The third-order valence-electron chi connectivity index (χ3n) is 2.20. The van der Waals surface area contributed by atoms with Crippen LogP contribution in [0.3, 0.4) is 0 Å². The van der Waals surface area contributed by atoms with Gasteiger partial charge >= 0.3 is 0 Å². The largest absolute Gasteiger partial charge is 0.379 e. The highest BCUT2D eigenvalue weighted by Crippen LogP contribution is 2.08. The molecule has 1 amide bonds. The number of carbonyl (C=O) groups excluding carboxylic acids is 1. The van der Waals surface area contributed by atoms with Crippen LogP contribution in [0.2, 0.25) is 0 Å². The van der Waals surface area contributed by atoms with E-state index in [9.17, 15) is 4.79 Å². The summed E-state index contributed by atoms with van der Waals surface area (Å²) in [6, 6.07) is 0.0209. The van der Waals surface area contributed by atoms with Crippen LogP contribution in [-0.2, 0) is 9.53 Å². The maximum Gasteiger partial charge on any atom is 0.224 e. The second-order valence-electron chi connectivity index (χ2n) is 4.27. The lowest BCUT2D eigenvalue weighted by Gasteiger charge is -2.16. The highest BCUT2D eigenvalue weighted by Gasteiger charge is 2.26. The standard InChI is InChI=1S/C10H20N2O2/c1-8(2)7-14-4-3-12-6-9(11)5-10(12)13/h8-9H,3-7,11H2,1-2H3. The molecule has 2 N–H and O–H groups in total. The van der Waals surface area contributed by atoms with Crippen LogP contribution in [0.4, 0.5) is 0 Å². The molecule has 82 valence electrons. The molecular formula is C10H20N2O2. The van der Waals surface area contributed by atoms with Gasteiger partial charge in [0.1, 0.15) is 0 Å². The van der Waals surface area contributed by atoms with E-state index < -0.39 is 0 Å². The van der Waals surface area contributed by atoms with Crippen molar-refractivity contribution < 1.29 is 9.53 Å². The van der Waals surface area contributed by atoms with Gasteiger partial charge in [-0.3, -0.25) is 4.79 Å². The number of nitrogens with two attached hydrogens (primary N) is 1. The van der Waals surface area contributed by atoms with Gasteiger partial charge in [-0.2, -0.15) is 0 Å². The summed E-state index contributed by atoms with van der Waals surface area (Å²) in [7, 11) is 0. The third-order valence-corrected chi connectivity index (χ3v) is 2.20. The molecule has 14 heavy (non-hydrogen) atoms. The molecule has 0 bridgehead atoms. The molecule has 0 aromatic carbocycles. The lowest BCUT2D eigenvalue weighted by molar-refractivity contribution is -0.128. The highest BCUT2D eigenvalue weighted by molar-refractivity contribution is 5.79. The van der Waals surface area contributed by atoms with E-state index in [1.54, 1.807) is 4.90 Å². The van der Waals surface area contributed by atoms with Gasteiger partial charge in [-0.05, 0) is 5.92 Å². The normalized spacial score (nSPS) is 22.4. The molecular weight excluding hydrogens is 180 g/mol. The molecule has 1 aliphatic rings. The third kappa shape index (κ3) is 3.64. The average molecular weight is 200 g/mol. The highest BCUT2D eigenvalue weighted by atomic mass is 16.5. The Morgan fingerprint density at radius 2 is 2.36 bits per heavy atom. The first kappa shape index (κ1) is 11.5. The molecule has 1 saturated heterocycles. The molecule has 0 radical (unpaired) electrons. The maximum absolute atomic E-state index is 11.3. The summed E-state index contributed by atoms with van der Waals surface area (Å²) in [5, 5.41) is 0. The second-order valence-corrected chi connectivity index (χ2v) is 4.27. The zero-order chi connectivity index (χ0) is 10.6. The molecule has 1 atom stereocenters. The number of amides is 1. The SMILES string of the molecule is CC(C)COCCN1CC(N)CC1=O. The fourth-order valence-corrected chi connectivity index (χ4v) is 1.51. The van der Waals surface area contributed by atoms with Crippen LogP contribution in [-0.4, -0.2) is 43.2 Å². The van der Waals surface area contributed by atoms with Crippen LogP contribution in [0.1, 0.15) is 20.3 Å². The minimum atomic E-state index is 0.0209. The predicted octanol–water partition coefficient (Wildman–Crippen LogP) is 0.219. The minimum Gasteiger partial charge on any atom is -0.379 e. The summed E-state index contributed by atoms with van der Waals surface area (Å²) in [6.45, 7) is 6.96. The van der Waals surface area contributed by atoms with Crippen LogP contribution in [0.25, 0.3) is 0 Å². The van der Waals surface area contributed by atoms with E-state index >= 15 is 0 Å². The van der Waals surface area contributed by atoms with Crippen molar-refractivity contribution in [3.8, 4) is 0 Å². The zero-order valence-electron chi connectivity index (χ0n) is 9.03. The summed E-state index contributed by atoms with van der Waals surface area (Å²) in [4.78, 5) is 13.1. The van der Waals surface area contributed by atoms with Crippen LogP contribution in [0, 0.1) is 5.92 Å². The molecule has 1 aliphatic heterocycles. The summed E-state index contributed by atoms with van der Waals surface area (Å²) in [5.74, 6) is 0.706. The van der Waals surface area contributed by atoms with Crippen molar-refractivity contribution in [2.45, 2.75) is 26.3 Å². The average Bonchev–Trinajstić information content (AvgIpc) is 2.39. The Bertz CT molecular complexity index is 195. The van der Waals surface area contributed by atoms with E-state index in [1.165, 1.54) is 0 Å². The Labute approximate surface area is 85.4 Å². The van der Waals surface area contributed by atoms with Crippen molar-refractivity contribution >= 4 is 5.91 Å². The molecule has 4 heteroatoms. The molecule has 1 heterocycles. The molecule has 0 spiro atoms. The van der Waals surface area contributed by atoms with E-state index in [1.807, 2.05) is 0 Å². The van der Waals surface area contributed by atoms with Gasteiger partial charge in [-0.1, -0.05) is 13.8 Å². The van der Waals surface area contributed by atoms with Gasteiger partial charge in [0.25, 0.3) is 0 Å². The number of hydrogen-bond acceptors (Lipinski definition) is 3. The number of nitrogens with zero attached hydrogens (tertiary/aromatic N) is 1. The quantitative estimate of drug-likeness (QED) is 0.646. The van der Waals surface area contributed by atoms with Crippen molar-refractivity contribution in [1.29, 1.82) is 0 Å². The molecule has 0 saturated carbocycles. The van der Waals surface area contributed by atoms with Gasteiger partial charge in [0.2, 0.25) is 5.91 Å². The molecule has 1 unspecified atom stereocenters. The smallest absolute Gasteiger partial charge is 0.224 e. The van der Waals surface area contributed by atoms with E-state index in [0.717, 1.165) is 6.61 Å². The predicted molar refractivity (Wildman–Crippen MR) is 54.8 cm³/mol. The minimum absolute atomic E-state index is 0.0209. The summed E-state index contributed by atoms with van der Waals surface area (Å²) < 4.78 is 5.41. The van der Waals surface area contributed by atoms with Gasteiger partial charge in [-0.15, -0.1) is 0 Å². The fraction of sp³-hybridized carbons (Fsp3) is 0.900. The molecule has 0 aliphatic carbocycles. The molecule has 4 nitrogen and oxygen atoms in total. The van der Waals surface area contributed by atoms with Crippen LogP contribution >= 0.6 is 0 Å². The van der Waals surface area contributed by atoms with Crippen LogP contribution in [0.5, 0.6) is 0 Å². The first-order valence-electron chi connectivity index (χ1n) is 5.20. The van der Waals surface area contributed by atoms with Crippen LogP contribution < -0.4 is 5.73 Å². The van der Waals surface area contributed by atoms with Crippen molar-refractivity contribution in [1.82, 2.24) is 4.90 Å². The zero-order valence-corrected chi connectivity index (χ0v) is 9.03. The maximum atomic E-state index is 11.3. The van der Waals surface area contributed by atoms with Crippen molar-refractivity contribution in [2.75, 3.05) is 26.3 Å². The van der Waals surface area contributed by atoms with Crippen LogP contribution in [0.15, 0.2) is 0 Å². The molecule has 0 aromatic heterocycles. The van der Waals surface area contributed by atoms with Crippen molar-refractivity contribution in [3.63, 3.8) is 0 Å². The topological polar surface area (TPSA) is 55.6 Å². The second kappa shape index (κ2) is 5.32. The number of ether oxygens (including phenoxy) is 1. The fourth-order valence-electron chi connectivity index (χ4n) is 1.51. The lowest BCUT2D eigenvalue weighted by Crippen LogP contribution is -2.31. The number of rotatable bonds is 5. The van der Waals surface area contributed by atoms with E-state index in [4.69, 9.17) is 10.5 Å². The molecule has 0 aromatic rings. The number of carbonyl (C=O) groups is 1. The van der Waals surface area contributed by atoms with E-state index in [0.29, 0.717) is 32.0 Å². The Balaban J connectivity index is 2.10. The lowest BCUT2D eigenvalue weighted by atomic mass is 10.2. The van der Waals surface area contributed by atoms with E-state index in [2.05, 4.69) is 13.8 Å². The Hall–Kier alpha value is -0.610. The van der Waals surface area contributed by atoms with Crippen molar-refractivity contribution in [2.24, 2.45) is 11.7 Å². The first-order chi connectivity index (χ1) is 6.59. The van der Waals surface area contributed by atoms with E-state index in [-0.39, 0.29) is 11.9 Å². The number of likely N-dealkylation sites (tertiary alicyclic amines) is 1. The Morgan fingerprint density at radius 3 is 2.86 bits per heavy atom. The van der Waals surface area contributed by atoms with Gasteiger partial charge in [-0.25, -0.2) is 0 Å². The molecule has 1 fully saturated rings. The first-order valence-corrected chi connectivity index (χ1v) is 5.20. The summed E-state index contributed by atoms with van der Waals surface area (Å²) in [5.41, 5.74) is 5.66. The van der Waals surface area contributed by atoms with Gasteiger partial charge < -0.3 is 15.4 Å². The van der Waals surface area contributed by atoms with Gasteiger partial charge in [0.15, 0.2) is 0 Å². The summed E-state index contributed by atoms with van der Waals surface area (Å²) in [6.07, 6.45) is 0.490.